The quantitative estimate of drug-likeness (QED) is 0.312. The predicted molar refractivity (Wildman–Crippen MR) is 135 cm³/mol. The molecule has 4 aromatic rings. The largest absolute Gasteiger partial charge is 0.475 e. The van der Waals surface area contributed by atoms with Crippen LogP contribution in [0.4, 0.5) is 13.2 Å². The van der Waals surface area contributed by atoms with Crippen molar-refractivity contribution in [3.8, 4) is 22.8 Å². The van der Waals surface area contributed by atoms with Gasteiger partial charge in [-0.1, -0.05) is 12.1 Å². The van der Waals surface area contributed by atoms with Crippen molar-refractivity contribution in [3.05, 3.63) is 70.2 Å². The number of aromatic nitrogens is 4. The van der Waals surface area contributed by atoms with Crippen molar-refractivity contribution in [1.29, 1.82) is 0 Å². The standard InChI is InChI=1S/C25H25F3N4O5S/c1-5-36-23-20(37-24(27)28)11-10-18(30-23)19(13-38(4,34)35)32-22-21(31(3)25(32)33)14(2)17(12-29-22)15-6-8-16(26)9-7-15/h6-12,19,24H,5,13H2,1-4H3. The monoisotopic (exact) mass is 550 g/mol. The van der Waals surface area contributed by atoms with E-state index in [-0.39, 0.29) is 29.6 Å². The number of alkyl halides is 2. The van der Waals surface area contributed by atoms with Crippen molar-refractivity contribution >= 4 is 21.0 Å². The van der Waals surface area contributed by atoms with Crippen LogP contribution in [0.3, 0.4) is 0 Å². The van der Waals surface area contributed by atoms with Crippen LogP contribution >= 0.6 is 0 Å². The summed E-state index contributed by atoms with van der Waals surface area (Å²) < 4.78 is 76.5. The number of rotatable bonds is 9. The first kappa shape index (κ1) is 27.2. The third kappa shape index (κ3) is 5.37. The van der Waals surface area contributed by atoms with E-state index in [4.69, 9.17) is 4.74 Å². The van der Waals surface area contributed by atoms with Crippen LogP contribution in [0.15, 0.2) is 47.4 Å². The minimum absolute atomic E-state index is 0.0773. The number of fused-ring (bicyclic) bond motifs is 1. The molecule has 0 radical (unpaired) electrons. The lowest BCUT2D eigenvalue weighted by Gasteiger charge is -2.19. The summed E-state index contributed by atoms with van der Waals surface area (Å²) >= 11 is 0. The van der Waals surface area contributed by atoms with Gasteiger partial charge in [0, 0.05) is 25.1 Å². The van der Waals surface area contributed by atoms with E-state index in [9.17, 15) is 26.4 Å². The third-order valence-corrected chi connectivity index (χ3v) is 6.88. The summed E-state index contributed by atoms with van der Waals surface area (Å²) in [4.78, 5) is 22.3. The molecule has 202 valence electrons. The zero-order valence-corrected chi connectivity index (χ0v) is 21.8. The van der Waals surface area contributed by atoms with E-state index >= 15 is 0 Å². The maximum atomic E-state index is 13.5. The Hall–Kier alpha value is -3.87. The summed E-state index contributed by atoms with van der Waals surface area (Å²) in [5.74, 6) is -1.52. The average molecular weight is 551 g/mol. The normalized spacial score (nSPS) is 12.7. The van der Waals surface area contributed by atoms with Crippen LogP contribution < -0.4 is 15.2 Å². The summed E-state index contributed by atoms with van der Waals surface area (Å²) in [6.45, 7) is 0.347. The summed E-state index contributed by atoms with van der Waals surface area (Å²) in [5.41, 5.74) is 2.17. The van der Waals surface area contributed by atoms with Gasteiger partial charge in [0.25, 0.3) is 5.88 Å². The molecule has 9 nitrogen and oxygen atoms in total. The van der Waals surface area contributed by atoms with E-state index < -0.39 is 39.8 Å². The fourth-order valence-corrected chi connectivity index (χ4v) is 5.23. The Morgan fingerprint density at radius 2 is 1.79 bits per heavy atom. The maximum absolute atomic E-state index is 13.5. The van der Waals surface area contributed by atoms with Gasteiger partial charge < -0.3 is 9.47 Å². The van der Waals surface area contributed by atoms with Gasteiger partial charge in [-0.25, -0.2) is 27.6 Å². The molecule has 1 atom stereocenters. The number of aryl methyl sites for hydroxylation is 2. The fourth-order valence-electron chi connectivity index (χ4n) is 4.34. The first-order chi connectivity index (χ1) is 17.9. The molecule has 0 saturated heterocycles. The molecule has 13 heteroatoms. The van der Waals surface area contributed by atoms with Gasteiger partial charge in [-0.15, -0.1) is 0 Å². The third-order valence-electron chi connectivity index (χ3n) is 5.96. The molecule has 0 N–H and O–H groups in total. The SMILES string of the molecule is CCOc1nc(C(CS(C)(=O)=O)n2c(=O)n(C)c3c(C)c(-c4ccc(F)cc4)cnc32)ccc1OC(F)F. The minimum atomic E-state index is -3.68. The zero-order valence-electron chi connectivity index (χ0n) is 21.0. The first-order valence-corrected chi connectivity index (χ1v) is 13.6. The van der Waals surface area contributed by atoms with Gasteiger partial charge in [0.1, 0.15) is 15.7 Å². The van der Waals surface area contributed by atoms with Crippen molar-refractivity contribution < 1.29 is 31.1 Å². The van der Waals surface area contributed by atoms with Crippen molar-refractivity contribution in [1.82, 2.24) is 19.1 Å². The first-order valence-electron chi connectivity index (χ1n) is 11.5. The molecule has 4 rings (SSSR count). The molecule has 0 amide bonds. The Morgan fingerprint density at radius 3 is 2.39 bits per heavy atom. The summed E-state index contributed by atoms with van der Waals surface area (Å²) in [6.07, 6.45) is 2.54. The lowest BCUT2D eigenvalue weighted by atomic mass is 10.0. The molecule has 1 unspecified atom stereocenters. The topological polar surface area (TPSA) is 105 Å². The Labute approximate surface area is 216 Å². The molecule has 0 aliphatic heterocycles. The van der Waals surface area contributed by atoms with Gasteiger partial charge in [0.05, 0.1) is 29.6 Å². The number of nitrogens with zero attached hydrogens (tertiary/aromatic N) is 4. The van der Waals surface area contributed by atoms with Crippen molar-refractivity contribution in [2.75, 3.05) is 18.6 Å². The molecular weight excluding hydrogens is 525 g/mol. The highest BCUT2D eigenvalue weighted by Gasteiger charge is 2.29. The molecule has 0 fully saturated rings. The Bertz CT molecular complexity index is 1650. The van der Waals surface area contributed by atoms with Gasteiger partial charge in [0.2, 0.25) is 0 Å². The Kier molecular flexibility index (Phi) is 7.49. The molecule has 0 aliphatic carbocycles. The van der Waals surface area contributed by atoms with Crippen LogP contribution in [0, 0.1) is 12.7 Å². The molecule has 0 aliphatic rings. The predicted octanol–water partition coefficient (Wildman–Crippen LogP) is 3.88. The number of sulfone groups is 1. The van der Waals surface area contributed by atoms with Gasteiger partial charge in [-0.3, -0.25) is 9.13 Å². The van der Waals surface area contributed by atoms with Crippen LogP contribution in [0.1, 0.15) is 24.2 Å². The van der Waals surface area contributed by atoms with E-state index in [1.165, 1.54) is 46.6 Å². The van der Waals surface area contributed by atoms with Crippen molar-refractivity contribution in [2.45, 2.75) is 26.5 Å². The maximum Gasteiger partial charge on any atom is 0.387 e. The highest BCUT2D eigenvalue weighted by Crippen LogP contribution is 2.33. The van der Waals surface area contributed by atoms with E-state index in [1.54, 1.807) is 26.0 Å². The zero-order chi connectivity index (χ0) is 27.8. The number of imidazole rings is 1. The minimum Gasteiger partial charge on any atom is -0.475 e. The molecule has 38 heavy (non-hydrogen) atoms. The van der Waals surface area contributed by atoms with Crippen LogP contribution in [0.25, 0.3) is 22.3 Å². The summed E-state index contributed by atoms with van der Waals surface area (Å²) in [5, 5.41) is 0. The van der Waals surface area contributed by atoms with E-state index in [0.717, 1.165) is 6.26 Å². The number of ether oxygens (including phenoxy) is 2. The lowest BCUT2D eigenvalue weighted by molar-refractivity contribution is -0.0518. The number of hydrogen-bond donors (Lipinski definition) is 0. The fraction of sp³-hybridized carbons (Fsp3) is 0.320. The highest BCUT2D eigenvalue weighted by atomic mass is 32.2. The van der Waals surface area contributed by atoms with Crippen LogP contribution in [0.2, 0.25) is 0 Å². The van der Waals surface area contributed by atoms with Gasteiger partial charge in [0.15, 0.2) is 11.4 Å². The van der Waals surface area contributed by atoms with Crippen LogP contribution in [-0.2, 0) is 16.9 Å². The second kappa shape index (κ2) is 10.5. The van der Waals surface area contributed by atoms with Gasteiger partial charge in [-0.05, 0) is 49.2 Å². The van der Waals surface area contributed by atoms with Gasteiger partial charge in [-0.2, -0.15) is 8.78 Å². The Morgan fingerprint density at radius 1 is 1.11 bits per heavy atom. The second-order valence-corrected chi connectivity index (χ2v) is 10.8. The summed E-state index contributed by atoms with van der Waals surface area (Å²) in [6, 6.07) is 7.15. The molecule has 1 aromatic carbocycles. The van der Waals surface area contributed by atoms with E-state index in [1.807, 2.05) is 0 Å². The number of benzene rings is 1. The molecule has 0 spiro atoms. The summed E-state index contributed by atoms with van der Waals surface area (Å²) in [7, 11) is -2.15. The van der Waals surface area contributed by atoms with Crippen molar-refractivity contribution in [2.24, 2.45) is 7.05 Å². The van der Waals surface area contributed by atoms with Crippen LogP contribution in [0.5, 0.6) is 11.6 Å². The van der Waals surface area contributed by atoms with E-state index in [2.05, 4.69) is 14.7 Å². The lowest BCUT2D eigenvalue weighted by Crippen LogP contribution is -2.31. The van der Waals surface area contributed by atoms with E-state index in [0.29, 0.717) is 22.2 Å². The number of halogens is 3. The molecule has 3 heterocycles. The average Bonchev–Trinajstić information content (AvgIpc) is 3.09. The van der Waals surface area contributed by atoms with Crippen LogP contribution in [-0.4, -0.2) is 52.7 Å². The molecule has 3 aromatic heterocycles. The van der Waals surface area contributed by atoms with Crippen molar-refractivity contribution in [3.63, 3.8) is 0 Å². The molecular formula is C25H25F3N4O5S. The second-order valence-electron chi connectivity index (χ2n) is 8.65. The molecule has 0 bridgehead atoms. The highest BCUT2D eigenvalue weighted by molar-refractivity contribution is 7.90. The number of hydrogen-bond acceptors (Lipinski definition) is 7. The number of pyridine rings is 2. The smallest absolute Gasteiger partial charge is 0.387 e. The Balaban J connectivity index is 1.94. The molecule has 0 saturated carbocycles. The van der Waals surface area contributed by atoms with Gasteiger partial charge >= 0.3 is 12.3 Å².